The quantitative estimate of drug-likeness (QED) is 0.733. The van der Waals surface area contributed by atoms with Crippen molar-refractivity contribution in [3.63, 3.8) is 0 Å². The number of benzene rings is 1. The molecule has 0 bridgehead atoms. The molecular formula is C13H17FO2. The van der Waals surface area contributed by atoms with Crippen LogP contribution < -0.4 is 4.74 Å². The highest BCUT2D eigenvalue weighted by atomic mass is 19.1. The topological polar surface area (TPSA) is 21.8 Å². The van der Waals surface area contributed by atoms with Crippen molar-refractivity contribution in [3.05, 3.63) is 29.6 Å². The Morgan fingerprint density at radius 2 is 2.19 bits per heavy atom. The van der Waals surface area contributed by atoms with Crippen LogP contribution >= 0.6 is 0 Å². The lowest BCUT2D eigenvalue weighted by Gasteiger charge is -2.26. The molecule has 1 unspecified atom stereocenters. The summed E-state index contributed by atoms with van der Waals surface area (Å²) >= 11 is 0. The molecule has 16 heavy (non-hydrogen) atoms. The maximum atomic E-state index is 13.3. The first-order valence-electron chi connectivity index (χ1n) is 5.48. The molecule has 1 aliphatic heterocycles. The minimum Gasteiger partial charge on any atom is -0.496 e. The smallest absolute Gasteiger partial charge is 0.123 e. The van der Waals surface area contributed by atoms with Crippen molar-refractivity contribution in [3.8, 4) is 5.75 Å². The third kappa shape index (κ3) is 2.35. The van der Waals surface area contributed by atoms with Crippen LogP contribution in [0.4, 0.5) is 4.39 Å². The Kier molecular flexibility index (Phi) is 2.89. The van der Waals surface area contributed by atoms with Crippen molar-refractivity contribution in [2.45, 2.75) is 31.8 Å². The molecule has 3 heteroatoms. The number of hydrogen-bond acceptors (Lipinski definition) is 2. The molecule has 0 radical (unpaired) electrons. The largest absolute Gasteiger partial charge is 0.496 e. The lowest BCUT2D eigenvalue weighted by molar-refractivity contribution is 0.333. The van der Waals surface area contributed by atoms with Gasteiger partial charge in [-0.3, -0.25) is 0 Å². The lowest BCUT2D eigenvalue weighted by atomic mass is 9.80. The molecular weight excluding hydrogens is 207 g/mol. The van der Waals surface area contributed by atoms with Gasteiger partial charge in [0.05, 0.1) is 19.8 Å². The summed E-state index contributed by atoms with van der Waals surface area (Å²) < 4.78 is 23.8. The van der Waals surface area contributed by atoms with Gasteiger partial charge in [-0.2, -0.15) is 0 Å². The number of ether oxygens (including phenoxy) is 2. The maximum absolute atomic E-state index is 13.3. The van der Waals surface area contributed by atoms with Crippen molar-refractivity contribution in [1.29, 1.82) is 0 Å². The summed E-state index contributed by atoms with van der Waals surface area (Å²) in [5.41, 5.74) is 0.778. The fourth-order valence-electron chi connectivity index (χ4n) is 2.07. The second kappa shape index (κ2) is 4.06. The molecule has 1 aromatic carbocycles. The number of rotatable bonds is 4. The van der Waals surface area contributed by atoms with Gasteiger partial charge in [0.1, 0.15) is 11.6 Å². The SMILES string of the molecule is COc1ccc(F)cc1C(C)(C)CC1CO1. The van der Waals surface area contributed by atoms with Gasteiger partial charge in [-0.1, -0.05) is 13.8 Å². The Morgan fingerprint density at radius 1 is 1.50 bits per heavy atom. The van der Waals surface area contributed by atoms with Crippen LogP contribution in [0.25, 0.3) is 0 Å². The summed E-state index contributed by atoms with van der Waals surface area (Å²) in [6.07, 6.45) is 1.22. The Morgan fingerprint density at radius 3 is 2.75 bits per heavy atom. The molecule has 1 fully saturated rings. The van der Waals surface area contributed by atoms with E-state index in [-0.39, 0.29) is 11.2 Å². The summed E-state index contributed by atoms with van der Waals surface area (Å²) in [5.74, 6) is 0.521. The molecule has 0 N–H and O–H groups in total. The highest BCUT2D eigenvalue weighted by molar-refractivity contribution is 5.39. The lowest BCUT2D eigenvalue weighted by Crippen LogP contribution is -2.21. The van der Waals surface area contributed by atoms with E-state index in [1.807, 2.05) is 0 Å². The molecule has 1 aliphatic rings. The van der Waals surface area contributed by atoms with E-state index in [1.54, 1.807) is 19.2 Å². The van der Waals surface area contributed by atoms with Gasteiger partial charge >= 0.3 is 0 Å². The van der Waals surface area contributed by atoms with Gasteiger partial charge in [0.2, 0.25) is 0 Å². The first-order valence-corrected chi connectivity index (χ1v) is 5.48. The Hall–Kier alpha value is -1.09. The van der Waals surface area contributed by atoms with Crippen LogP contribution in [-0.4, -0.2) is 19.8 Å². The molecule has 0 amide bonds. The van der Waals surface area contributed by atoms with E-state index in [1.165, 1.54) is 6.07 Å². The van der Waals surface area contributed by atoms with Crippen LogP contribution in [0.15, 0.2) is 18.2 Å². The van der Waals surface area contributed by atoms with Crippen molar-refractivity contribution in [1.82, 2.24) is 0 Å². The Bertz CT molecular complexity index is 384. The third-order valence-electron chi connectivity index (χ3n) is 3.03. The van der Waals surface area contributed by atoms with Crippen molar-refractivity contribution < 1.29 is 13.9 Å². The fourth-order valence-corrected chi connectivity index (χ4v) is 2.07. The Labute approximate surface area is 95.4 Å². The van der Waals surface area contributed by atoms with Crippen molar-refractivity contribution >= 4 is 0 Å². The molecule has 0 saturated carbocycles. The molecule has 1 aromatic rings. The second-order valence-corrected chi connectivity index (χ2v) is 4.89. The number of hydrogen-bond donors (Lipinski definition) is 0. The van der Waals surface area contributed by atoms with Gasteiger partial charge in [0.25, 0.3) is 0 Å². The van der Waals surface area contributed by atoms with Gasteiger partial charge in [0, 0.05) is 5.56 Å². The zero-order valence-electron chi connectivity index (χ0n) is 9.92. The van der Waals surface area contributed by atoms with Crippen molar-refractivity contribution in [2.75, 3.05) is 13.7 Å². The van der Waals surface area contributed by atoms with E-state index in [0.717, 1.165) is 24.3 Å². The second-order valence-electron chi connectivity index (χ2n) is 4.89. The van der Waals surface area contributed by atoms with Crippen LogP contribution in [-0.2, 0) is 10.2 Å². The molecule has 0 aromatic heterocycles. The summed E-state index contributed by atoms with van der Waals surface area (Å²) in [6.45, 7) is 5.00. The molecule has 1 saturated heterocycles. The Balaban J connectivity index is 2.31. The first kappa shape index (κ1) is 11.4. The molecule has 2 nitrogen and oxygen atoms in total. The zero-order valence-corrected chi connectivity index (χ0v) is 9.92. The van der Waals surface area contributed by atoms with Gasteiger partial charge in [-0.05, 0) is 30.0 Å². The first-order chi connectivity index (χ1) is 7.53. The average molecular weight is 224 g/mol. The van der Waals surface area contributed by atoms with Crippen LogP contribution in [0.2, 0.25) is 0 Å². The van der Waals surface area contributed by atoms with Gasteiger partial charge in [-0.25, -0.2) is 4.39 Å². The number of methoxy groups -OCH3 is 1. The molecule has 1 heterocycles. The van der Waals surface area contributed by atoms with E-state index >= 15 is 0 Å². The molecule has 0 aliphatic carbocycles. The summed E-state index contributed by atoms with van der Waals surface area (Å²) in [6, 6.07) is 4.66. The standard InChI is InChI=1S/C13H17FO2/c1-13(2,7-10-8-16-10)11-6-9(14)4-5-12(11)15-3/h4-6,10H,7-8H2,1-3H3. The summed E-state index contributed by atoms with van der Waals surface area (Å²) in [5, 5.41) is 0. The van der Waals surface area contributed by atoms with E-state index < -0.39 is 0 Å². The van der Waals surface area contributed by atoms with E-state index in [4.69, 9.17) is 9.47 Å². The van der Waals surface area contributed by atoms with Gasteiger partial charge in [-0.15, -0.1) is 0 Å². The highest BCUT2D eigenvalue weighted by Gasteiger charge is 2.34. The van der Waals surface area contributed by atoms with E-state index in [0.29, 0.717) is 6.10 Å². The van der Waals surface area contributed by atoms with Crippen LogP contribution in [0.3, 0.4) is 0 Å². The van der Waals surface area contributed by atoms with Gasteiger partial charge in [0.15, 0.2) is 0 Å². The van der Waals surface area contributed by atoms with Crippen LogP contribution in [0, 0.1) is 5.82 Å². The monoisotopic (exact) mass is 224 g/mol. The molecule has 2 rings (SSSR count). The molecule has 0 spiro atoms. The fraction of sp³-hybridized carbons (Fsp3) is 0.538. The third-order valence-corrected chi connectivity index (χ3v) is 3.03. The minimum atomic E-state index is -0.222. The van der Waals surface area contributed by atoms with E-state index in [9.17, 15) is 4.39 Å². The number of halogens is 1. The zero-order chi connectivity index (χ0) is 11.8. The minimum absolute atomic E-state index is 0.130. The summed E-state index contributed by atoms with van der Waals surface area (Å²) in [7, 11) is 1.61. The van der Waals surface area contributed by atoms with Crippen LogP contribution in [0.1, 0.15) is 25.8 Å². The summed E-state index contributed by atoms with van der Waals surface area (Å²) in [4.78, 5) is 0. The number of epoxide rings is 1. The maximum Gasteiger partial charge on any atom is 0.123 e. The van der Waals surface area contributed by atoms with Crippen molar-refractivity contribution in [2.24, 2.45) is 0 Å². The molecule has 88 valence electrons. The van der Waals surface area contributed by atoms with Gasteiger partial charge < -0.3 is 9.47 Å². The van der Waals surface area contributed by atoms with E-state index in [2.05, 4.69) is 13.8 Å². The predicted octanol–water partition coefficient (Wildman–Crippen LogP) is 2.90. The van der Waals surface area contributed by atoms with Crippen LogP contribution in [0.5, 0.6) is 5.75 Å². The average Bonchev–Trinajstić information content (AvgIpc) is 3.01. The predicted molar refractivity (Wildman–Crippen MR) is 60.3 cm³/mol. The highest BCUT2D eigenvalue weighted by Crippen LogP contribution is 2.38. The normalized spacial score (nSPS) is 19.6. The molecule has 1 atom stereocenters.